The maximum atomic E-state index is 5.96. The zero-order valence-corrected chi connectivity index (χ0v) is 13.0. The van der Waals surface area contributed by atoms with Crippen molar-refractivity contribution in [2.24, 2.45) is 11.8 Å². The highest BCUT2D eigenvalue weighted by molar-refractivity contribution is 6.30. The van der Waals surface area contributed by atoms with Crippen LogP contribution in [0.25, 0.3) is 0 Å². The minimum Gasteiger partial charge on any atom is -0.492 e. The molecule has 2 aliphatic heterocycles. The molecule has 2 heterocycles. The molecule has 2 saturated heterocycles. The molecule has 2 fully saturated rings. The van der Waals surface area contributed by atoms with Crippen molar-refractivity contribution in [1.82, 2.24) is 10.2 Å². The fourth-order valence-electron chi connectivity index (χ4n) is 3.71. The van der Waals surface area contributed by atoms with Crippen LogP contribution in [0, 0.1) is 11.8 Å². The van der Waals surface area contributed by atoms with E-state index in [0.717, 1.165) is 42.3 Å². The SMILES string of the molecule is CC1(C)C2CNCC2CN1CCOc1cccc(Cl)c1. The van der Waals surface area contributed by atoms with Crippen molar-refractivity contribution in [2.45, 2.75) is 19.4 Å². The van der Waals surface area contributed by atoms with E-state index in [2.05, 4.69) is 24.1 Å². The Bertz CT molecular complexity index is 477. The van der Waals surface area contributed by atoms with Crippen LogP contribution in [-0.2, 0) is 0 Å². The summed E-state index contributed by atoms with van der Waals surface area (Å²) in [6, 6.07) is 7.62. The van der Waals surface area contributed by atoms with Gasteiger partial charge in [0.05, 0.1) is 0 Å². The zero-order chi connectivity index (χ0) is 14.2. The van der Waals surface area contributed by atoms with Crippen LogP contribution in [0.15, 0.2) is 24.3 Å². The lowest BCUT2D eigenvalue weighted by atomic mass is 9.85. The molecule has 0 aromatic heterocycles. The van der Waals surface area contributed by atoms with Crippen LogP contribution >= 0.6 is 11.6 Å². The highest BCUT2D eigenvalue weighted by Gasteiger charge is 2.49. The van der Waals surface area contributed by atoms with Gasteiger partial charge in [0.1, 0.15) is 12.4 Å². The van der Waals surface area contributed by atoms with Crippen molar-refractivity contribution in [3.63, 3.8) is 0 Å². The summed E-state index contributed by atoms with van der Waals surface area (Å²) in [6.45, 7) is 9.93. The lowest BCUT2D eigenvalue weighted by molar-refractivity contribution is 0.117. The van der Waals surface area contributed by atoms with Gasteiger partial charge in [-0.3, -0.25) is 4.90 Å². The average molecular weight is 295 g/mol. The Morgan fingerprint density at radius 2 is 2.25 bits per heavy atom. The zero-order valence-electron chi connectivity index (χ0n) is 12.2. The van der Waals surface area contributed by atoms with Gasteiger partial charge >= 0.3 is 0 Å². The van der Waals surface area contributed by atoms with Crippen LogP contribution in [0.2, 0.25) is 5.02 Å². The van der Waals surface area contributed by atoms with E-state index >= 15 is 0 Å². The van der Waals surface area contributed by atoms with Gasteiger partial charge in [0.25, 0.3) is 0 Å². The van der Waals surface area contributed by atoms with Crippen molar-refractivity contribution in [3.05, 3.63) is 29.3 Å². The van der Waals surface area contributed by atoms with E-state index in [-0.39, 0.29) is 5.54 Å². The Labute approximate surface area is 126 Å². The first-order chi connectivity index (χ1) is 9.57. The average Bonchev–Trinajstić information content (AvgIpc) is 2.94. The summed E-state index contributed by atoms with van der Waals surface area (Å²) in [5.41, 5.74) is 0.270. The molecule has 4 heteroatoms. The van der Waals surface area contributed by atoms with Gasteiger partial charge in [-0.25, -0.2) is 0 Å². The molecule has 2 aliphatic rings. The monoisotopic (exact) mass is 294 g/mol. The molecule has 1 aromatic carbocycles. The molecular formula is C16H23ClN2O. The first-order valence-electron chi connectivity index (χ1n) is 7.41. The number of ether oxygens (including phenoxy) is 1. The van der Waals surface area contributed by atoms with Crippen LogP contribution in [0.4, 0.5) is 0 Å². The molecule has 1 N–H and O–H groups in total. The number of nitrogens with zero attached hydrogens (tertiary/aromatic N) is 1. The Hall–Kier alpha value is -0.770. The van der Waals surface area contributed by atoms with Gasteiger partial charge < -0.3 is 10.1 Å². The second kappa shape index (κ2) is 5.55. The first-order valence-corrected chi connectivity index (χ1v) is 7.79. The predicted octanol–water partition coefficient (Wildman–Crippen LogP) is 2.65. The molecular weight excluding hydrogens is 272 g/mol. The van der Waals surface area contributed by atoms with E-state index in [1.165, 1.54) is 13.1 Å². The van der Waals surface area contributed by atoms with Crippen molar-refractivity contribution in [3.8, 4) is 5.75 Å². The van der Waals surface area contributed by atoms with E-state index in [4.69, 9.17) is 16.3 Å². The summed E-state index contributed by atoms with van der Waals surface area (Å²) in [4.78, 5) is 2.58. The van der Waals surface area contributed by atoms with Crippen molar-refractivity contribution < 1.29 is 4.74 Å². The molecule has 0 aliphatic carbocycles. The standard InChI is InChI=1S/C16H23ClN2O/c1-16(2)15-10-18-9-12(15)11-19(16)6-7-20-14-5-3-4-13(17)8-14/h3-5,8,12,15,18H,6-7,9-11H2,1-2H3. The molecule has 110 valence electrons. The summed E-state index contributed by atoms with van der Waals surface area (Å²) < 4.78 is 5.82. The molecule has 1 aromatic rings. The smallest absolute Gasteiger partial charge is 0.120 e. The van der Waals surface area contributed by atoms with E-state index in [1.807, 2.05) is 24.3 Å². The molecule has 0 spiro atoms. The highest BCUT2D eigenvalue weighted by atomic mass is 35.5. The highest BCUT2D eigenvalue weighted by Crippen LogP contribution is 2.40. The second-order valence-corrected chi connectivity index (χ2v) is 6.87. The molecule has 0 saturated carbocycles. The fraction of sp³-hybridized carbons (Fsp3) is 0.625. The Morgan fingerprint density at radius 1 is 1.40 bits per heavy atom. The van der Waals surface area contributed by atoms with Crippen LogP contribution in [0.5, 0.6) is 5.75 Å². The fourth-order valence-corrected chi connectivity index (χ4v) is 3.89. The van der Waals surface area contributed by atoms with Gasteiger partial charge in [-0.1, -0.05) is 17.7 Å². The largest absolute Gasteiger partial charge is 0.492 e. The van der Waals surface area contributed by atoms with Crippen LogP contribution in [0.1, 0.15) is 13.8 Å². The van der Waals surface area contributed by atoms with Crippen LogP contribution in [-0.4, -0.2) is 43.2 Å². The molecule has 0 amide bonds. The summed E-state index contributed by atoms with van der Waals surface area (Å²) in [5.74, 6) is 2.43. The maximum Gasteiger partial charge on any atom is 0.120 e. The number of rotatable bonds is 4. The molecule has 3 nitrogen and oxygen atoms in total. The Kier molecular flexibility index (Phi) is 3.93. The number of halogens is 1. The predicted molar refractivity (Wildman–Crippen MR) is 82.4 cm³/mol. The van der Waals surface area contributed by atoms with E-state index in [1.54, 1.807) is 0 Å². The summed E-state index contributed by atoms with van der Waals surface area (Å²) in [7, 11) is 0. The van der Waals surface area contributed by atoms with E-state index in [9.17, 15) is 0 Å². The molecule has 0 bridgehead atoms. The molecule has 2 unspecified atom stereocenters. The summed E-state index contributed by atoms with van der Waals surface area (Å²) in [5, 5.41) is 4.24. The number of benzene rings is 1. The number of hydrogen-bond donors (Lipinski definition) is 1. The molecule has 20 heavy (non-hydrogen) atoms. The van der Waals surface area contributed by atoms with Crippen molar-refractivity contribution in [1.29, 1.82) is 0 Å². The minimum atomic E-state index is 0.270. The van der Waals surface area contributed by atoms with E-state index < -0.39 is 0 Å². The number of fused-ring (bicyclic) bond motifs is 1. The maximum absolute atomic E-state index is 5.96. The summed E-state index contributed by atoms with van der Waals surface area (Å²) >= 11 is 5.96. The first kappa shape index (κ1) is 14.2. The van der Waals surface area contributed by atoms with Gasteiger partial charge in [0.15, 0.2) is 0 Å². The lowest BCUT2D eigenvalue weighted by Gasteiger charge is -2.35. The van der Waals surface area contributed by atoms with Crippen LogP contribution in [0.3, 0.4) is 0 Å². The van der Waals surface area contributed by atoms with Gasteiger partial charge in [0.2, 0.25) is 0 Å². The molecule has 3 rings (SSSR count). The van der Waals surface area contributed by atoms with Crippen molar-refractivity contribution >= 4 is 11.6 Å². The van der Waals surface area contributed by atoms with E-state index in [0.29, 0.717) is 0 Å². The third-order valence-electron chi connectivity index (χ3n) is 4.94. The van der Waals surface area contributed by atoms with Gasteiger partial charge in [-0.15, -0.1) is 0 Å². The van der Waals surface area contributed by atoms with Gasteiger partial charge in [0, 0.05) is 30.2 Å². The number of hydrogen-bond acceptors (Lipinski definition) is 3. The molecule has 0 radical (unpaired) electrons. The van der Waals surface area contributed by atoms with Gasteiger partial charge in [-0.05, 0) is 50.4 Å². The minimum absolute atomic E-state index is 0.270. The topological polar surface area (TPSA) is 24.5 Å². The van der Waals surface area contributed by atoms with Crippen molar-refractivity contribution in [2.75, 3.05) is 32.8 Å². The van der Waals surface area contributed by atoms with Gasteiger partial charge in [-0.2, -0.15) is 0 Å². The number of nitrogens with one attached hydrogen (secondary N) is 1. The normalized spacial score (nSPS) is 28.6. The van der Waals surface area contributed by atoms with Crippen LogP contribution < -0.4 is 10.1 Å². The third kappa shape index (κ3) is 2.67. The lowest BCUT2D eigenvalue weighted by Crippen LogP contribution is -2.46. The quantitative estimate of drug-likeness (QED) is 0.924. The Morgan fingerprint density at radius 3 is 3.00 bits per heavy atom. The summed E-state index contributed by atoms with van der Waals surface area (Å²) in [6.07, 6.45) is 0. The number of likely N-dealkylation sites (tertiary alicyclic amines) is 1. The third-order valence-corrected chi connectivity index (χ3v) is 5.18. The molecule has 2 atom stereocenters. The second-order valence-electron chi connectivity index (χ2n) is 6.43. The Balaban J connectivity index is 1.54.